The predicted octanol–water partition coefficient (Wildman–Crippen LogP) is 3.51. The normalized spacial score (nSPS) is 19.7. The number of amides is 1. The summed E-state index contributed by atoms with van der Waals surface area (Å²) in [5.74, 6) is -0.845. The highest BCUT2D eigenvalue weighted by Crippen LogP contribution is 2.42. The van der Waals surface area contributed by atoms with E-state index in [9.17, 15) is 4.79 Å². The van der Waals surface area contributed by atoms with E-state index in [1.807, 2.05) is 48.5 Å². The van der Waals surface area contributed by atoms with Crippen molar-refractivity contribution in [3.05, 3.63) is 63.6 Å². The van der Waals surface area contributed by atoms with Crippen LogP contribution in [0.15, 0.2) is 46.9 Å². The number of likely N-dealkylation sites (N-methyl/N-ethyl adjacent to an activating group) is 1. The lowest BCUT2D eigenvalue weighted by atomic mass is 9.96. The lowest BCUT2D eigenvalue weighted by Gasteiger charge is -2.28. The summed E-state index contributed by atoms with van der Waals surface area (Å²) in [6, 6.07) is 13.8. The first-order valence-corrected chi connectivity index (χ1v) is 9.71. The van der Waals surface area contributed by atoms with Gasteiger partial charge in [0.25, 0.3) is 5.91 Å². The smallest absolute Gasteiger partial charge is 0.258 e. The Bertz CT molecular complexity index is 902. The fourth-order valence-electron chi connectivity index (χ4n) is 3.65. The van der Waals surface area contributed by atoms with E-state index >= 15 is 0 Å². The molecule has 27 heavy (non-hydrogen) atoms. The van der Waals surface area contributed by atoms with Gasteiger partial charge >= 0.3 is 0 Å². The molecule has 2 N–H and O–H groups in total. The molecule has 0 radical (unpaired) electrons. The second kappa shape index (κ2) is 7.20. The number of benzene rings is 2. The molecular formula is C21H21BrN2O3. The summed E-state index contributed by atoms with van der Waals surface area (Å²) in [6.07, 6.45) is 2.49. The summed E-state index contributed by atoms with van der Waals surface area (Å²) in [6.45, 7) is 1.53. The van der Waals surface area contributed by atoms with E-state index in [4.69, 9.17) is 15.2 Å². The number of halogens is 1. The molecule has 2 aliphatic rings. The van der Waals surface area contributed by atoms with Crippen LogP contribution in [0.2, 0.25) is 0 Å². The number of ether oxygens (including phenoxy) is 2. The first-order valence-electron chi connectivity index (χ1n) is 8.92. The van der Waals surface area contributed by atoms with Crippen LogP contribution in [0, 0.1) is 0 Å². The zero-order chi connectivity index (χ0) is 19.0. The molecule has 2 aromatic rings. The molecular weight excluding hydrogens is 408 g/mol. The van der Waals surface area contributed by atoms with Crippen molar-refractivity contribution in [2.45, 2.75) is 12.2 Å². The van der Waals surface area contributed by atoms with Crippen molar-refractivity contribution in [1.29, 1.82) is 0 Å². The van der Waals surface area contributed by atoms with Gasteiger partial charge in [-0.3, -0.25) is 4.79 Å². The van der Waals surface area contributed by atoms with Crippen LogP contribution in [-0.4, -0.2) is 32.7 Å². The number of rotatable bonds is 4. The van der Waals surface area contributed by atoms with Gasteiger partial charge in [0.15, 0.2) is 5.79 Å². The Kier molecular flexibility index (Phi) is 4.90. The SMILES string of the molecule is CN1C(=O)/C(=C\c2ccc(Br)cc2)c2cc(C3(CCN)OCCO3)ccc21. The zero-order valence-corrected chi connectivity index (χ0v) is 16.7. The summed E-state index contributed by atoms with van der Waals surface area (Å²) >= 11 is 3.44. The Balaban J connectivity index is 1.80. The molecule has 6 heteroatoms. The topological polar surface area (TPSA) is 64.8 Å². The van der Waals surface area contributed by atoms with Crippen LogP contribution < -0.4 is 10.6 Å². The maximum atomic E-state index is 12.8. The number of fused-ring (bicyclic) bond motifs is 1. The van der Waals surface area contributed by atoms with Crippen LogP contribution in [0.3, 0.4) is 0 Å². The lowest BCUT2D eigenvalue weighted by molar-refractivity contribution is -0.168. The Morgan fingerprint density at radius 1 is 1.19 bits per heavy atom. The molecule has 1 amide bonds. The molecule has 1 fully saturated rings. The van der Waals surface area contributed by atoms with Crippen LogP contribution in [0.5, 0.6) is 0 Å². The molecule has 0 atom stereocenters. The van der Waals surface area contributed by atoms with Crippen molar-refractivity contribution >= 4 is 39.2 Å². The molecule has 0 bridgehead atoms. The molecule has 4 rings (SSSR count). The average molecular weight is 429 g/mol. The second-order valence-corrected chi connectivity index (χ2v) is 7.61. The van der Waals surface area contributed by atoms with Crippen molar-refractivity contribution in [2.24, 2.45) is 5.73 Å². The molecule has 1 saturated heterocycles. The third-order valence-electron chi connectivity index (χ3n) is 5.03. The van der Waals surface area contributed by atoms with Gasteiger partial charge in [-0.25, -0.2) is 0 Å². The molecule has 5 nitrogen and oxygen atoms in total. The first-order chi connectivity index (χ1) is 13.0. The second-order valence-electron chi connectivity index (χ2n) is 6.69. The van der Waals surface area contributed by atoms with Crippen molar-refractivity contribution < 1.29 is 14.3 Å². The summed E-state index contributed by atoms with van der Waals surface area (Å²) in [5.41, 5.74) is 10.1. The van der Waals surface area contributed by atoms with Gasteiger partial charge in [0.05, 0.1) is 18.9 Å². The molecule has 2 heterocycles. The number of nitrogens with two attached hydrogens (primary N) is 1. The molecule has 2 aromatic carbocycles. The summed E-state index contributed by atoms with van der Waals surface area (Å²) in [4.78, 5) is 14.5. The summed E-state index contributed by atoms with van der Waals surface area (Å²) in [5, 5.41) is 0. The van der Waals surface area contributed by atoms with E-state index in [0.29, 0.717) is 31.8 Å². The maximum Gasteiger partial charge on any atom is 0.258 e. The molecule has 2 aliphatic heterocycles. The van der Waals surface area contributed by atoms with Crippen molar-refractivity contribution in [1.82, 2.24) is 0 Å². The quantitative estimate of drug-likeness (QED) is 0.756. The molecule has 0 aromatic heterocycles. The Morgan fingerprint density at radius 3 is 2.56 bits per heavy atom. The van der Waals surface area contributed by atoms with Gasteiger partial charge in [0.1, 0.15) is 0 Å². The van der Waals surface area contributed by atoms with Gasteiger partial charge < -0.3 is 20.1 Å². The standard InChI is InChI=1S/C21H21BrN2O3/c1-24-19-7-4-15(21(8-9-23)26-10-11-27-21)13-17(19)18(20(24)25)12-14-2-5-16(22)6-3-14/h2-7,12-13H,8-11,23H2,1H3/b18-12-. The number of nitrogens with zero attached hydrogens (tertiary/aromatic N) is 1. The molecule has 0 unspecified atom stereocenters. The van der Waals surface area contributed by atoms with E-state index in [2.05, 4.69) is 15.9 Å². The highest BCUT2D eigenvalue weighted by atomic mass is 79.9. The van der Waals surface area contributed by atoms with E-state index in [-0.39, 0.29) is 5.91 Å². The van der Waals surface area contributed by atoms with Gasteiger partial charge in [0, 0.05) is 34.6 Å². The highest BCUT2D eigenvalue weighted by molar-refractivity contribution is 9.10. The third kappa shape index (κ3) is 3.23. The van der Waals surface area contributed by atoms with Crippen LogP contribution in [0.25, 0.3) is 11.6 Å². The minimum Gasteiger partial charge on any atom is -0.343 e. The zero-order valence-electron chi connectivity index (χ0n) is 15.1. The number of anilines is 1. The van der Waals surface area contributed by atoms with Crippen molar-refractivity contribution in [3.63, 3.8) is 0 Å². The molecule has 0 aliphatic carbocycles. The Labute approximate surface area is 166 Å². The number of carbonyl (C=O) groups excluding carboxylic acids is 1. The monoisotopic (exact) mass is 428 g/mol. The molecule has 140 valence electrons. The van der Waals surface area contributed by atoms with Crippen LogP contribution >= 0.6 is 15.9 Å². The minimum atomic E-state index is -0.823. The fourth-order valence-corrected chi connectivity index (χ4v) is 3.92. The molecule has 0 saturated carbocycles. The Hall–Kier alpha value is -1.99. The number of hydrogen-bond donors (Lipinski definition) is 1. The third-order valence-corrected chi connectivity index (χ3v) is 5.56. The fraction of sp³-hybridized carbons (Fsp3) is 0.286. The highest BCUT2D eigenvalue weighted by Gasteiger charge is 2.40. The summed E-state index contributed by atoms with van der Waals surface area (Å²) in [7, 11) is 1.79. The van der Waals surface area contributed by atoms with Gasteiger partial charge in [-0.15, -0.1) is 0 Å². The van der Waals surface area contributed by atoms with Crippen molar-refractivity contribution in [3.8, 4) is 0 Å². The van der Waals surface area contributed by atoms with Gasteiger partial charge in [0.2, 0.25) is 0 Å². The minimum absolute atomic E-state index is 0.0220. The average Bonchev–Trinajstić information content (AvgIpc) is 3.24. The van der Waals surface area contributed by atoms with E-state index in [1.165, 1.54) is 0 Å². The largest absolute Gasteiger partial charge is 0.343 e. The number of hydrogen-bond acceptors (Lipinski definition) is 4. The predicted molar refractivity (Wildman–Crippen MR) is 109 cm³/mol. The van der Waals surface area contributed by atoms with Gasteiger partial charge in [-0.2, -0.15) is 0 Å². The maximum absolute atomic E-state index is 12.8. The van der Waals surface area contributed by atoms with E-state index in [0.717, 1.165) is 26.9 Å². The molecule has 0 spiro atoms. The van der Waals surface area contributed by atoms with Crippen LogP contribution in [0.4, 0.5) is 5.69 Å². The first kappa shape index (κ1) is 18.4. The Morgan fingerprint density at radius 2 is 1.89 bits per heavy atom. The van der Waals surface area contributed by atoms with Gasteiger partial charge in [-0.05, 0) is 42.4 Å². The van der Waals surface area contributed by atoms with Crippen LogP contribution in [0.1, 0.15) is 23.1 Å². The van der Waals surface area contributed by atoms with E-state index < -0.39 is 5.79 Å². The van der Waals surface area contributed by atoms with E-state index in [1.54, 1.807) is 11.9 Å². The lowest BCUT2D eigenvalue weighted by Crippen LogP contribution is -2.30. The van der Waals surface area contributed by atoms with Crippen LogP contribution in [-0.2, 0) is 20.1 Å². The van der Waals surface area contributed by atoms with Crippen molar-refractivity contribution in [2.75, 3.05) is 31.7 Å². The summed E-state index contributed by atoms with van der Waals surface area (Å²) < 4.78 is 12.8. The number of carbonyl (C=O) groups is 1. The van der Waals surface area contributed by atoms with Gasteiger partial charge in [-0.1, -0.05) is 34.1 Å².